The minimum absolute atomic E-state index is 0.0881. The van der Waals surface area contributed by atoms with Gasteiger partial charge in [0.2, 0.25) is 5.95 Å². The van der Waals surface area contributed by atoms with Gasteiger partial charge in [0.15, 0.2) is 0 Å². The second-order valence-corrected chi connectivity index (χ2v) is 4.66. The van der Waals surface area contributed by atoms with Crippen molar-refractivity contribution in [2.24, 2.45) is 0 Å². The Morgan fingerprint density at radius 1 is 1.20 bits per heavy atom. The monoisotopic (exact) mass is 207 g/mol. The molecular weight excluding hydrogens is 186 g/mol. The van der Waals surface area contributed by atoms with Crippen molar-refractivity contribution < 1.29 is 0 Å². The zero-order valence-corrected chi connectivity index (χ0v) is 10.4. The molecule has 15 heavy (non-hydrogen) atoms. The summed E-state index contributed by atoms with van der Waals surface area (Å²) in [7, 11) is 0. The van der Waals surface area contributed by atoms with Gasteiger partial charge in [-0.15, -0.1) is 0 Å². The Bertz CT molecular complexity index is 311. The fourth-order valence-electron chi connectivity index (χ4n) is 1.42. The van der Waals surface area contributed by atoms with E-state index < -0.39 is 0 Å². The van der Waals surface area contributed by atoms with Gasteiger partial charge in [0.25, 0.3) is 0 Å². The SMILES string of the molecule is CCN(CC)c1nccc(C(C)(C)C)n1. The first-order valence-corrected chi connectivity index (χ1v) is 5.57. The first-order chi connectivity index (χ1) is 6.99. The van der Waals surface area contributed by atoms with E-state index in [4.69, 9.17) is 0 Å². The molecule has 0 amide bonds. The molecule has 0 aliphatic rings. The fraction of sp³-hybridized carbons (Fsp3) is 0.667. The average molecular weight is 207 g/mol. The van der Waals surface area contributed by atoms with Crippen molar-refractivity contribution in [3.8, 4) is 0 Å². The van der Waals surface area contributed by atoms with E-state index in [1.807, 2.05) is 12.3 Å². The largest absolute Gasteiger partial charge is 0.341 e. The van der Waals surface area contributed by atoms with Crippen LogP contribution in [0.4, 0.5) is 5.95 Å². The lowest BCUT2D eigenvalue weighted by atomic mass is 9.92. The van der Waals surface area contributed by atoms with Crippen LogP contribution in [-0.4, -0.2) is 23.1 Å². The summed E-state index contributed by atoms with van der Waals surface area (Å²) in [6.45, 7) is 12.6. The zero-order valence-electron chi connectivity index (χ0n) is 10.4. The highest BCUT2D eigenvalue weighted by molar-refractivity contribution is 5.31. The molecule has 0 saturated carbocycles. The molecule has 0 N–H and O–H groups in total. The van der Waals surface area contributed by atoms with Gasteiger partial charge in [-0.05, 0) is 19.9 Å². The molecule has 1 aromatic rings. The predicted molar refractivity (Wildman–Crippen MR) is 64.3 cm³/mol. The fourth-order valence-corrected chi connectivity index (χ4v) is 1.42. The summed E-state index contributed by atoms with van der Waals surface area (Å²) >= 11 is 0. The summed E-state index contributed by atoms with van der Waals surface area (Å²) < 4.78 is 0. The predicted octanol–water partition coefficient (Wildman–Crippen LogP) is 2.62. The summed E-state index contributed by atoms with van der Waals surface area (Å²) in [6, 6.07) is 1.99. The van der Waals surface area contributed by atoms with Crippen molar-refractivity contribution in [2.75, 3.05) is 18.0 Å². The lowest BCUT2D eigenvalue weighted by Gasteiger charge is -2.22. The van der Waals surface area contributed by atoms with Gasteiger partial charge in [0.05, 0.1) is 5.69 Å². The molecule has 0 radical (unpaired) electrons. The molecule has 0 aliphatic heterocycles. The molecule has 0 spiro atoms. The average Bonchev–Trinajstić information content (AvgIpc) is 2.19. The Balaban J connectivity index is 3.02. The lowest BCUT2D eigenvalue weighted by molar-refractivity contribution is 0.565. The standard InChI is InChI=1S/C12H21N3/c1-6-15(7-2)11-13-9-8-10(14-11)12(3,4)5/h8-9H,6-7H2,1-5H3. The van der Waals surface area contributed by atoms with Crippen LogP contribution >= 0.6 is 0 Å². The lowest BCUT2D eigenvalue weighted by Crippen LogP contribution is -2.25. The smallest absolute Gasteiger partial charge is 0.225 e. The van der Waals surface area contributed by atoms with E-state index in [9.17, 15) is 0 Å². The molecule has 1 aromatic heterocycles. The van der Waals surface area contributed by atoms with Crippen LogP contribution in [-0.2, 0) is 5.41 Å². The quantitative estimate of drug-likeness (QED) is 0.763. The van der Waals surface area contributed by atoms with Crippen molar-refractivity contribution in [3.05, 3.63) is 18.0 Å². The van der Waals surface area contributed by atoms with Crippen molar-refractivity contribution in [1.29, 1.82) is 0 Å². The topological polar surface area (TPSA) is 29.0 Å². The van der Waals surface area contributed by atoms with E-state index in [-0.39, 0.29) is 5.41 Å². The van der Waals surface area contributed by atoms with Crippen molar-refractivity contribution in [3.63, 3.8) is 0 Å². The van der Waals surface area contributed by atoms with Crippen molar-refractivity contribution in [2.45, 2.75) is 40.0 Å². The number of rotatable bonds is 3. The van der Waals surface area contributed by atoms with Gasteiger partial charge in [0, 0.05) is 24.7 Å². The Morgan fingerprint density at radius 3 is 2.27 bits per heavy atom. The summed E-state index contributed by atoms with van der Waals surface area (Å²) in [4.78, 5) is 11.1. The van der Waals surface area contributed by atoms with Gasteiger partial charge >= 0.3 is 0 Å². The molecule has 1 heterocycles. The summed E-state index contributed by atoms with van der Waals surface area (Å²) in [5.74, 6) is 0.840. The zero-order chi connectivity index (χ0) is 11.5. The molecule has 84 valence electrons. The summed E-state index contributed by atoms with van der Waals surface area (Å²) in [6.07, 6.45) is 1.85. The second kappa shape index (κ2) is 4.60. The molecule has 1 rings (SSSR count). The van der Waals surface area contributed by atoms with Gasteiger partial charge in [-0.1, -0.05) is 20.8 Å². The van der Waals surface area contributed by atoms with Crippen molar-refractivity contribution in [1.82, 2.24) is 9.97 Å². The minimum atomic E-state index is 0.0881. The molecule has 0 unspecified atom stereocenters. The van der Waals surface area contributed by atoms with Gasteiger partial charge < -0.3 is 4.90 Å². The van der Waals surface area contributed by atoms with E-state index in [1.165, 1.54) is 0 Å². The number of nitrogens with zero attached hydrogens (tertiary/aromatic N) is 3. The number of aromatic nitrogens is 2. The maximum absolute atomic E-state index is 4.60. The Morgan fingerprint density at radius 2 is 1.80 bits per heavy atom. The highest BCUT2D eigenvalue weighted by atomic mass is 15.2. The van der Waals surface area contributed by atoms with Crippen LogP contribution in [0.5, 0.6) is 0 Å². The number of anilines is 1. The van der Waals surface area contributed by atoms with E-state index in [0.717, 1.165) is 24.7 Å². The highest BCUT2D eigenvalue weighted by Gasteiger charge is 2.17. The summed E-state index contributed by atoms with van der Waals surface area (Å²) in [5.41, 5.74) is 1.18. The van der Waals surface area contributed by atoms with Crippen molar-refractivity contribution >= 4 is 5.95 Å². The van der Waals surface area contributed by atoms with Crippen LogP contribution in [0.15, 0.2) is 12.3 Å². The van der Waals surface area contributed by atoms with Gasteiger partial charge in [-0.3, -0.25) is 0 Å². The summed E-state index contributed by atoms with van der Waals surface area (Å²) in [5, 5.41) is 0. The molecular formula is C12H21N3. The van der Waals surface area contributed by atoms with Crippen LogP contribution < -0.4 is 4.90 Å². The third kappa shape index (κ3) is 2.91. The maximum Gasteiger partial charge on any atom is 0.225 e. The third-order valence-electron chi connectivity index (χ3n) is 2.46. The van der Waals surface area contributed by atoms with E-state index in [0.29, 0.717) is 0 Å². The minimum Gasteiger partial charge on any atom is -0.341 e. The van der Waals surface area contributed by atoms with Gasteiger partial charge in [0.1, 0.15) is 0 Å². The van der Waals surface area contributed by atoms with Crippen LogP contribution in [0.1, 0.15) is 40.3 Å². The molecule has 0 fully saturated rings. The Kier molecular flexibility index (Phi) is 3.66. The van der Waals surface area contributed by atoms with E-state index in [2.05, 4.69) is 49.5 Å². The van der Waals surface area contributed by atoms with Crippen LogP contribution in [0.3, 0.4) is 0 Å². The number of hydrogen-bond donors (Lipinski definition) is 0. The van der Waals surface area contributed by atoms with Crippen LogP contribution in [0.25, 0.3) is 0 Å². The molecule has 0 atom stereocenters. The molecule has 0 aliphatic carbocycles. The molecule has 0 saturated heterocycles. The van der Waals surface area contributed by atoms with Crippen LogP contribution in [0.2, 0.25) is 0 Å². The normalized spacial score (nSPS) is 11.5. The first kappa shape index (κ1) is 12.0. The van der Waals surface area contributed by atoms with Crippen LogP contribution in [0, 0.1) is 0 Å². The Hall–Kier alpha value is -1.12. The molecule has 3 heteroatoms. The van der Waals surface area contributed by atoms with E-state index in [1.54, 1.807) is 0 Å². The molecule has 0 aromatic carbocycles. The Labute approximate surface area is 92.6 Å². The highest BCUT2D eigenvalue weighted by Crippen LogP contribution is 2.21. The van der Waals surface area contributed by atoms with E-state index >= 15 is 0 Å². The molecule has 0 bridgehead atoms. The molecule has 3 nitrogen and oxygen atoms in total. The number of hydrogen-bond acceptors (Lipinski definition) is 3. The maximum atomic E-state index is 4.60. The first-order valence-electron chi connectivity index (χ1n) is 5.57. The second-order valence-electron chi connectivity index (χ2n) is 4.66. The van der Waals surface area contributed by atoms with Gasteiger partial charge in [-0.25, -0.2) is 9.97 Å². The van der Waals surface area contributed by atoms with Gasteiger partial charge in [-0.2, -0.15) is 0 Å². The third-order valence-corrected chi connectivity index (χ3v) is 2.46.